The van der Waals surface area contributed by atoms with E-state index in [-0.39, 0.29) is 12.5 Å². The molecule has 0 aliphatic rings. The number of carbonyl (C=O) groups is 1. The third kappa shape index (κ3) is 5.42. The Morgan fingerprint density at radius 2 is 2.03 bits per heavy atom. The van der Waals surface area contributed by atoms with E-state index in [9.17, 15) is 4.79 Å². The van der Waals surface area contributed by atoms with Gasteiger partial charge in [0.15, 0.2) is 5.82 Å². The molecule has 30 heavy (non-hydrogen) atoms. The van der Waals surface area contributed by atoms with Gasteiger partial charge in [-0.2, -0.15) is 14.9 Å². The van der Waals surface area contributed by atoms with E-state index in [4.69, 9.17) is 17.0 Å². The van der Waals surface area contributed by atoms with Crippen LogP contribution in [-0.2, 0) is 11.4 Å². The lowest BCUT2D eigenvalue weighted by Crippen LogP contribution is -2.06. The first kappa shape index (κ1) is 21.4. The molecular formula is C22H25N5O2S. The fraction of sp³-hybridized carbons (Fsp3) is 0.273. The highest BCUT2D eigenvalue weighted by atomic mass is 32.1. The predicted octanol–water partition coefficient (Wildman–Crippen LogP) is 4.79. The van der Waals surface area contributed by atoms with Crippen LogP contribution >= 0.6 is 12.2 Å². The summed E-state index contributed by atoms with van der Waals surface area (Å²) in [7, 11) is 0. The maximum atomic E-state index is 11.1. The van der Waals surface area contributed by atoms with Gasteiger partial charge in [0, 0.05) is 12.6 Å². The second kappa shape index (κ2) is 9.49. The topological polar surface area (TPSA) is 84.3 Å². The molecule has 156 valence electrons. The number of benzene rings is 2. The number of anilines is 1. The standard InChI is InChI=1S/C22H25N5O2S/c1-14(2)19-10-5-15(3)11-20(19)29-13-21-25-26-22(30)27(21)23-12-17-6-8-18(9-7-17)24-16(4)28/h5-12,14H,13H2,1-4H3,(H,24,28)(H,26,30)/b23-12-. The highest BCUT2D eigenvalue weighted by Crippen LogP contribution is 2.28. The van der Waals surface area contributed by atoms with Gasteiger partial charge in [0.1, 0.15) is 12.4 Å². The smallest absolute Gasteiger partial charge is 0.221 e. The van der Waals surface area contributed by atoms with Crippen LogP contribution in [0.4, 0.5) is 5.69 Å². The summed E-state index contributed by atoms with van der Waals surface area (Å²) in [4.78, 5) is 11.1. The van der Waals surface area contributed by atoms with Gasteiger partial charge in [-0.3, -0.25) is 4.79 Å². The molecule has 2 N–H and O–H groups in total. The van der Waals surface area contributed by atoms with Gasteiger partial charge in [0.25, 0.3) is 0 Å². The Kier molecular flexibility index (Phi) is 6.79. The molecule has 0 bridgehead atoms. The van der Waals surface area contributed by atoms with Crippen molar-refractivity contribution in [2.45, 2.75) is 40.2 Å². The molecule has 0 saturated heterocycles. The number of nitrogens with one attached hydrogen (secondary N) is 2. The summed E-state index contributed by atoms with van der Waals surface area (Å²) in [5, 5.41) is 14.2. The van der Waals surface area contributed by atoms with Gasteiger partial charge in [-0.1, -0.05) is 38.1 Å². The molecule has 0 atom stereocenters. The number of nitrogens with zero attached hydrogens (tertiary/aromatic N) is 3. The van der Waals surface area contributed by atoms with Gasteiger partial charge in [-0.05, 0) is 59.9 Å². The van der Waals surface area contributed by atoms with Crippen LogP contribution in [0.5, 0.6) is 5.75 Å². The molecule has 0 radical (unpaired) electrons. The minimum absolute atomic E-state index is 0.111. The zero-order chi connectivity index (χ0) is 21.7. The Labute approximate surface area is 180 Å². The normalized spacial score (nSPS) is 11.2. The van der Waals surface area contributed by atoms with Crippen molar-refractivity contribution < 1.29 is 9.53 Å². The largest absolute Gasteiger partial charge is 0.485 e. The Morgan fingerprint density at radius 3 is 2.70 bits per heavy atom. The summed E-state index contributed by atoms with van der Waals surface area (Å²) < 4.78 is 7.99. The minimum Gasteiger partial charge on any atom is -0.485 e. The molecule has 1 heterocycles. The molecule has 0 spiro atoms. The number of carbonyl (C=O) groups excluding carboxylic acids is 1. The van der Waals surface area contributed by atoms with Gasteiger partial charge in [-0.15, -0.1) is 0 Å². The van der Waals surface area contributed by atoms with Crippen molar-refractivity contribution in [3.63, 3.8) is 0 Å². The molecule has 3 rings (SSSR count). The lowest BCUT2D eigenvalue weighted by atomic mass is 10.0. The van der Waals surface area contributed by atoms with Crippen molar-refractivity contribution in [1.82, 2.24) is 14.9 Å². The van der Waals surface area contributed by atoms with Gasteiger partial charge >= 0.3 is 0 Å². The minimum atomic E-state index is -0.111. The van der Waals surface area contributed by atoms with E-state index in [1.165, 1.54) is 6.92 Å². The van der Waals surface area contributed by atoms with Crippen LogP contribution in [0.15, 0.2) is 47.6 Å². The maximum Gasteiger partial charge on any atom is 0.221 e. The van der Waals surface area contributed by atoms with E-state index in [1.54, 1.807) is 10.9 Å². The zero-order valence-electron chi connectivity index (χ0n) is 17.5. The van der Waals surface area contributed by atoms with Gasteiger partial charge < -0.3 is 10.1 Å². The highest BCUT2D eigenvalue weighted by molar-refractivity contribution is 7.71. The summed E-state index contributed by atoms with van der Waals surface area (Å²) in [5.41, 5.74) is 3.87. The lowest BCUT2D eigenvalue weighted by molar-refractivity contribution is -0.114. The number of aryl methyl sites for hydroxylation is 1. The summed E-state index contributed by atoms with van der Waals surface area (Å²) >= 11 is 5.30. The van der Waals surface area contributed by atoms with Crippen LogP contribution in [0.2, 0.25) is 0 Å². The monoisotopic (exact) mass is 423 g/mol. The molecule has 7 nitrogen and oxygen atoms in total. The Bertz CT molecular complexity index is 1110. The Morgan fingerprint density at radius 1 is 1.30 bits per heavy atom. The van der Waals surface area contributed by atoms with E-state index < -0.39 is 0 Å². The average molecular weight is 424 g/mol. The van der Waals surface area contributed by atoms with Crippen molar-refractivity contribution in [3.05, 3.63) is 69.8 Å². The third-order valence-electron chi connectivity index (χ3n) is 4.42. The molecule has 2 aromatic carbocycles. The van der Waals surface area contributed by atoms with Crippen LogP contribution in [0, 0.1) is 11.7 Å². The van der Waals surface area contributed by atoms with Crippen LogP contribution in [0.25, 0.3) is 0 Å². The number of hydrogen-bond acceptors (Lipinski definition) is 5. The van der Waals surface area contributed by atoms with E-state index >= 15 is 0 Å². The SMILES string of the molecule is CC(=O)Nc1ccc(/C=N\n2c(COc3cc(C)ccc3C(C)C)n[nH]c2=S)cc1. The van der Waals surface area contributed by atoms with E-state index in [2.05, 4.69) is 46.6 Å². The zero-order valence-corrected chi connectivity index (χ0v) is 18.3. The number of aromatic amines is 1. The quantitative estimate of drug-likeness (QED) is 0.423. The first-order chi connectivity index (χ1) is 14.3. The van der Waals surface area contributed by atoms with Crippen molar-refractivity contribution in [2.75, 3.05) is 5.32 Å². The molecule has 0 aliphatic heterocycles. The third-order valence-corrected chi connectivity index (χ3v) is 4.68. The van der Waals surface area contributed by atoms with E-state index in [0.717, 1.165) is 28.1 Å². The second-order valence-electron chi connectivity index (χ2n) is 7.29. The van der Waals surface area contributed by atoms with Gasteiger partial charge in [-0.25, -0.2) is 5.10 Å². The molecule has 0 fully saturated rings. The Hall–Kier alpha value is -3.26. The molecule has 0 saturated carbocycles. The molecule has 1 amide bonds. The van der Waals surface area contributed by atoms with Crippen LogP contribution in [0.3, 0.4) is 0 Å². The number of hydrogen-bond donors (Lipinski definition) is 2. The highest BCUT2D eigenvalue weighted by Gasteiger charge is 2.11. The van der Waals surface area contributed by atoms with Crippen LogP contribution in [0.1, 0.15) is 49.2 Å². The molecule has 0 aliphatic carbocycles. The molecule has 0 unspecified atom stereocenters. The number of ether oxygens (including phenoxy) is 1. The number of amides is 1. The first-order valence-corrected chi connectivity index (χ1v) is 10.1. The fourth-order valence-electron chi connectivity index (χ4n) is 2.90. The van der Waals surface area contributed by atoms with Gasteiger partial charge in [0.2, 0.25) is 10.7 Å². The molecule has 8 heteroatoms. The maximum absolute atomic E-state index is 11.1. The molecular weight excluding hydrogens is 398 g/mol. The summed E-state index contributed by atoms with van der Waals surface area (Å²) in [5.74, 6) is 1.64. The predicted molar refractivity (Wildman–Crippen MR) is 121 cm³/mol. The number of rotatable bonds is 7. The Balaban J connectivity index is 1.76. The molecule has 1 aromatic heterocycles. The van der Waals surface area contributed by atoms with Crippen molar-refractivity contribution in [2.24, 2.45) is 5.10 Å². The summed E-state index contributed by atoms with van der Waals surface area (Å²) in [6, 6.07) is 13.5. The summed E-state index contributed by atoms with van der Waals surface area (Å²) in [6.45, 7) is 8.01. The first-order valence-electron chi connectivity index (χ1n) is 9.65. The van der Waals surface area contributed by atoms with Gasteiger partial charge in [0.05, 0.1) is 6.21 Å². The number of H-pyrrole nitrogens is 1. The molecule has 3 aromatic rings. The van der Waals surface area contributed by atoms with E-state index in [0.29, 0.717) is 16.5 Å². The number of aromatic nitrogens is 3. The van der Waals surface area contributed by atoms with Crippen molar-refractivity contribution in [3.8, 4) is 5.75 Å². The second-order valence-corrected chi connectivity index (χ2v) is 7.68. The van der Waals surface area contributed by atoms with Crippen molar-refractivity contribution >= 4 is 30.0 Å². The fourth-order valence-corrected chi connectivity index (χ4v) is 3.10. The average Bonchev–Trinajstić information content (AvgIpc) is 3.04. The van der Waals surface area contributed by atoms with Crippen LogP contribution in [-0.4, -0.2) is 27.0 Å². The summed E-state index contributed by atoms with van der Waals surface area (Å²) in [6.07, 6.45) is 1.68. The van der Waals surface area contributed by atoms with Crippen molar-refractivity contribution in [1.29, 1.82) is 0 Å². The lowest BCUT2D eigenvalue weighted by Gasteiger charge is -2.14. The van der Waals surface area contributed by atoms with Crippen LogP contribution < -0.4 is 10.1 Å². The van der Waals surface area contributed by atoms with E-state index in [1.807, 2.05) is 37.3 Å².